The topological polar surface area (TPSA) is 106 Å². The summed E-state index contributed by atoms with van der Waals surface area (Å²) in [5.41, 5.74) is 0.312. The second-order valence-corrected chi connectivity index (χ2v) is 9.30. The van der Waals surface area contributed by atoms with Gasteiger partial charge in [-0.05, 0) is 38.0 Å². The molecule has 0 unspecified atom stereocenters. The minimum atomic E-state index is -1.12. The van der Waals surface area contributed by atoms with Crippen molar-refractivity contribution in [3.63, 3.8) is 0 Å². The minimum Gasteiger partial charge on any atom is -0.465 e. The van der Waals surface area contributed by atoms with Crippen molar-refractivity contribution in [3.8, 4) is 5.69 Å². The molecule has 0 bridgehead atoms. The van der Waals surface area contributed by atoms with Gasteiger partial charge in [-0.1, -0.05) is 24.6 Å². The number of aromatic nitrogens is 3. The van der Waals surface area contributed by atoms with Crippen LogP contribution in [0.5, 0.6) is 0 Å². The van der Waals surface area contributed by atoms with Gasteiger partial charge in [0.2, 0.25) is 5.43 Å². The second kappa shape index (κ2) is 7.90. The molecular weight excluding hydrogens is 428 g/mol. The molecule has 4 aromatic rings. The number of aryl methyl sites for hydroxylation is 1. The minimum absolute atomic E-state index is 0.0394. The molecule has 1 aliphatic carbocycles. The van der Waals surface area contributed by atoms with Crippen molar-refractivity contribution in [3.05, 3.63) is 67.7 Å². The molecule has 0 aliphatic heterocycles. The molecule has 1 saturated carbocycles. The fourth-order valence-electron chi connectivity index (χ4n) is 4.26. The van der Waals surface area contributed by atoms with Crippen LogP contribution in [0.25, 0.3) is 26.9 Å². The molecule has 1 aliphatic rings. The summed E-state index contributed by atoms with van der Waals surface area (Å²) in [6, 6.07) is 11.1. The summed E-state index contributed by atoms with van der Waals surface area (Å²) in [5, 5.41) is 11.9. The Hall–Kier alpha value is -3.46. The molecule has 1 fully saturated rings. The third-order valence-corrected chi connectivity index (χ3v) is 7.07. The number of pyridine rings is 1. The fourth-order valence-corrected chi connectivity index (χ4v) is 5.30. The Kier molecular flexibility index (Phi) is 5.05. The maximum atomic E-state index is 13.8. The standard InChI is InChI=1S/C23H22N4O4S/c1-13-12-16-18(28)17-20(26(22(16)32-13)11-10-24-23(30)31)25-19(14-6-5-7-14)27(21(17)29)15-8-3-2-4-9-15/h2-4,8-9,12,14,24H,5-7,10-11H2,1H3,(H,30,31). The number of amides is 1. The van der Waals surface area contributed by atoms with Crippen molar-refractivity contribution in [1.29, 1.82) is 0 Å². The van der Waals surface area contributed by atoms with E-state index in [1.807, 2.05) is 41.8 Å². The molecule has 1 amide bonds. The molecule has 2 N–H and O–H groups in total. The van der Waals surface area contributed by atoms with Crippen molar-refractivity contribution in [1.82, 2.24) is 19.4 Å². The van der Waals surface area contributed by atoms with E-state index < -0.39 is 6.09 Å². The van der Waals surface area contributed by atoms with Crippen LogP contribution in [0.3, 0.4) is 0 Å². The van der Waals surface area contributed by atoms with Gasteiger partial charge >= 0.3 is 6.09 Å². The smallest absolute Gasteiger partial charge is 0.404 e. The van der Waals surface area contributed by atoms with Crippen molar-refractivity contribution in [2.45, 2.75) is 38.6 Å². The Morgan fingerprint density at radius 2 is 2.00 bits per heavy atom. The van der Waals surface area contributed by atoms with Crippen LogP contribution in [0.2, 0.25) is 0 Å². The number of nitrogens with zero attached hydrogens (tertiary/aromatic N) is 3. The zero-order chi connectivity index (χ0) is 22.4. The third kappa shape index (κ3) is 3.29. The van der Waals surface area contributed by atoms with E-state index in [-0.39, 0.29) is 35.4 Å². The van der Waals surface area contributed by atoms with Crippen LogP contribution in [0, 0.1) is 6.92 Å². The molecule has 1 aromatic carbocycles. The highest BCUT2D eigenvalue weighted by Crippen LogP contribution is 2.36. The molecule has 3 heterocycles. The zero-order valence-corrected chi connectivity index (χ0v) is 18.3. The summed E-state index contributed by atoms with van der Waals surface area (Å²) in [5.74, 6) is 0.806. The summed E-state index contributed by atoms with van der Waals surface area (Å²) in [7, 11) is 0. The summed E-state index contributed by atoms with van der Waals surface area (Å²) in [6.07, 6.45) is 1.83. The van der Waals surface area contributed by atoms with Gasteiger partial charge in [-0.15, -0.1) is 11.3 Å². The number of thiophene rings is 1. The Morgan fingerprint density at radius 1 is 1.25 bits per heavy atom. The Balaban J connectivity index is 1.87. The first-order valence-electron chi connectivity index (χ1n) is 10.6. The van der Waals surface area contributed by atoms with Crippen molar-refractivity contribution < 1.29 is 9.90 Å². The molecule has 32 heavy (non-hydrogen) atoms. The molecule has 0 atom stereocenters. The van der Waals surface area contributed by atoms with E-state index in [0.717, 1.165) is 24.1 Å². The lowest BCUT2D eigenvalue weighted by atomic mass is 9.84. The lowest BCUT2D eigenvalue weighted by Crippen LogP contribution is -2.33. The summed E-state index contributed by atoms with van der Waals surface area (Å²) in [4.78, 5) is 44.8. The monoisotopic (exact) mass is 450 g/mol. The number of para-hydroxylation sites is 1. The Bertz CT molecular complexity index is 1470. The van der Waals surface area contributed by atoms with Crippen LogP contribution in [0.15, 0.2) is 46.0 Å². The van der Waals surface area contributed by atoms with Gasteiger partial charge in [0.05, 0.1) is 11.1 Å². The lowest BCUT2D eigenvalue weighted by Gasteiger charge is -2.28. The summed E-state index contributed by atoms with van der Waals surface area (Å²) in [6.45, 7) is 2.32. The summed E-state index contributed by atoms with van der Waals surface area (Å²) < 4.78 is 3.40. The highest BCUT2D eigenvalue weighted by atomic mass is 32.1. The maximum Gasteiger partial charge on any atom is 0.404 e. The number of carboxylic acid groups (broad SMARTS) is 1. The third-order valence-electron chi connectivity index (χ3n) is 5.99. The SMILES string of the molecule is Cc1cc2c(=O)c3c(=O)n(-c4ccccc4)c(C4CCC4)nc3n(CCNC(=O)O)c2s1. The molecule has 8 nitrogen and oxygen atoms in total. The van der Waals surface area contributed by atoms with Gasteiger partial charge in [0, 0.05) is 23.9 Å². The van der Waals surface area contributed by atoms with Crippen LogP contribution in [0.1, 0.15) is 35.9 Å². The van der Waals surface area contributed by atoms with E-state index in [9.17, 15) is 14.4 Å². The van der Waals surface area contributed by atoms with Crippen LogP contribution in [0.4, 0.5) is 4.79 Å². The second-order valence-electron chi connectivity index (χ2n) is 8.06. The zero-order valence-electron chi connectivity index (χ0n) is 17.5. The van der Waals surface area contributed by atoms with Crippen LogP contribution in [-0.2, 0) is 6.54 Å². The predicted molar refractivity (Wildman–Crippen MR) is 124 cm³/mol. The van der Waals surface area contributed by atoms with Gasteiger partial charge in [-0.2, -0.15) is 0 Å². The molecular formula is C23H22N4O4S. The van der Waals surface area contributed by atoms with E-state index in [2.05, 4.69) is 5.32 Å². The van der Waals surface area contributed by atoms with Gasteiger partial charge in [-0.25, -0.2) is 9.78 Å². The maximum absolute atomic E-state index is 13.8. The lowest BCUT2D eigenvalue weighted by molar-refractivity contribution is 0.194. The van der Waals surface area contributed by atoms with E-state index in [4.69, 9.17) is 10.1 Å². The number of benzene rings is 1. The molecule has 0 spiro atoms. The number of hydrogen-bond acceptors (Lipinski definition) is 5. The van der Waals surface area contributed by atoms with E-state index in [1.54, 1.807) is 10.6 Å². The Labute approximate surface area is 186 Å². The first-order valence-corrected chi connectivity index (χ1v) is 11.4. The largest absolute Gasteiger partial charge is 0.465 e. The highest BCUT2D eigenvalue weighted by molar-refractivity contribution is 7.18. The first-order chi connectivity index (χ1) is 15.5. The Morgan fingerprint density at radius 3 is 2.66 bits per heavy atom. The van der Waals surface area contributed by atoms with Crippen molar-refractivity contribution >= 4 is 38.7 Å². The molecule has 9 heteroatoms. The van der Waals surface area contributed by atoms with Crippen molar-refractivity contribution in [2.75, 3.05) is 6.54 Å². The van der Waals surface area contributed by atoms with Gasteiger partial charge in [0.25, 0.3) is 5.56 Å². The first kappa shape index (κ1) is 20.4. The fraction of sp³-hybridized carbons (Fsp3) is 0.304. The summed E-state index contributed by atoms with van der Waals surface area (Å²) >= 11 is 1.45. The molecule has 164 valence electrons. The number of fused-ring (bicyclic) bond motifs is 2. The van der Waals surface area contributed by atoms with Gasteiger partial charge in [0.15, 0.2) is 5.65 Å². The molecule has 0 saturated heterocycles. The van der Waals surface area contributed by atoms with Crippen LogP contribution >= 0.6 is 11.3 Å². The highest BCUT2D eigenvalue weighted by Gasteiger charge is 2.28. The normalized spacial score (nSPS) is 14.0. The van der Waals surface area contributed by atoms with E-state index >= 15 is 0 Å². The number of rotatable bonds is 5. The average Bonchev–Trinajstić information content (AvgIpc) is 3.11. The van der Waals surface area contributed by atoms with E-state index in [1.165, 1.54) is 11.3 Å². The predicted octanol–water partition coefficient (Wildman–Crippen LogP) is 3.61. The number of nitrogens with one attached hydrogen (secondary N) is 1. The molecule has 5 rings (SSSR count). The van der Waals surface area contributed by atoms with Crippen LogP contribution in [-0.4, -0.2) is 31.9 Å². The van der Waals surface area contributed by atoms with Gasteiger partial charge in [0.1, 0.15) is 16.0 Å². The van der Waals surface area contributed by atoms with Crippen LogP contribution < -0.4 is 16.3 Å². The average molecular weight is 451 g/mol. The van der Waals surface area contributed by atoms with Gasteiger partial charge < -0.3 is 15.0 Å². The number of carbonyl (C=O) groups is 1. The quantitative estimate of drug-likeness (QED) is 0.483. The molecule has 3 aromatic heterocycles. The van der Waals surface area contributed by atoms with Crippen molar-refractivity contribution in [2.24, 2.45) is 0 Å². The van der Waals surface area contributed by atoms with Gasteiger partial charge in [-0.3, -0.25) is 14.2 Å². The van der Waals surface area contributed by atoms with E-state index in [0.29, 0.717) is 27.4 Å². The number of hydrogen-bond donors (Lipinski definition) is 2. The molecule has 0 radical (unpaired) electrons.